The SMILES string of the molecule is Cc1noc(CSc2nnc(-c3ccc(C(C)(C)C)cc3)n2N)n1. The minimum absolute atomic E-state index is 0.109. The third kappa shape index (κ3) is 3.43. The van der Waals surface area contributed by atoms with Gasteiger partial charge in [0.15, 0.2) is 11.6 Å². The number of aryl methyl sites for hydroxylation is 1. The molecule has 3 rings (SSSR count). The van der Waals surface area contributed by atoms with Gasteiger partial charge in [0, 0.05) is 5.56 Å². The summed E-state index contributed by atoms with van der Waals surface area (Å²) in [4.78, 5) is 4.16. The number of nitrogen functional groups attached to an aromatic ring is 1. The van der Waals surface area contributed by atoms with Crippen molar-refractivity contribution in [1.82, 2.24) is 25.0 Å². The van der Waals surface area contributed by atoms with Crippen molar-refractivity contribution in [3.63, 3.8) is 0 Å². The molecule has 0 aliphatic carbocycles. The fourth-order valence-corrected chi connectivity index (χ4v) is 2.91. The molecule has 0 amide bonds. The molecule has 0 atom stereocenters. The number of hydrogen-bond donors (Lipinski definition) is 1. The first kappa shape index (κ1) is 16.5. The molecule has 7 nitrogen and oxygen atoms in total. The van der Waals surface area contributed by atoms with Gasteiger partial charge in [0.25, 0.3) is 0 Å². The number of nitrogens with two attached hydrogens (primary N) is 1. The second kappa shape index (κ2) is 6.27. The quantitative estimate of drug-likeness (QED) is 0.574. The Kier molecular flexibility index (Phi) is 4.31. The van der Waals surface area contributed by atoms with Crippen LogP contribution in [0.1, 0.15) is 38.0 Å². The highest BCUT2D eigenvalue weighted by atomic mass is 32.2. The first-order valence-electron chi connectivity index (χ1n) is 7.58. The Morgan fingerprint density at radius 1 is 1.17 bits per heavy atom. The van der Waals surface area contributed by atoms with Crippen LogP contribution in [0.4, 0.5) is 0 Å². The topological polar surface area (TPSA) is 95.7 Å². The number of hydrogen-bond acceptors (Lipinski definition) is 7. The highest BCUT2D eigenvalue weighted by Gasteiger charge is 2.16. The summed E-state index contributed by atoms with van der Waals surface area (Å²) in [5.74, 6) is 8.41. The van der Waals surface area contributed by atoms with E-state index in [2.05, 4.69) is 53.2 Å². The van der Waals surface area contributed by atoms with E-state index in [-0.39, 0.29) is 5.41 Å². The minimum atomic E-state index is 0.109. The molecule has 8 heteroatoms. The monoisotopic (exact) mass is 344 g/mol. The summed E-state index contributed by atoms with van der Waals surface area (Å²) in [7, 11) is 0. The van der Waals surface area contributed by atoms with Crippen molar-refractivity contribution in [1.29, 1.82) is 0 Å². The van der Waals surface area contributed by atoms with Gasteiger partial charge in [0.05, 0.1) is 5.75 Å². The number of benzene rings is 1. The molecule has 2 N–H and O–H groups in total. The second-order valence-electron chi connectivity index (χ2n) is 6.53. The van der Waals surface area contributed by atoms with Crippen molar-refractivity contribution in [2.24, 2.45) is 0 Å². The molecule has 126 valence electrons. The van der Waals surface area contributed by atoms with Crippen LogP contribution in [-0.4, -0.2) is 25.0 Å². The predicted molar refractivity (Wildman–Crippen MR) is 92.9 cm³/mol. The molecule has 2 aromatic heterocycles. The first-order chi connectivity index (χ1) is 11.3. The van der Waals surface area contributed by atoms with E-state index in [1.54, 1.807) is 6.92 Å². The molecule has 0 saturated heterocycles. The number of aromatic nitrogens is 5. The Hall–Kier alpha value is -2.35. The minimum Gasteiger partial charge on any atom is -0.338 e. The third-order valence-electron chi connectivity index (χ3n) is 3.57. The fourth-order valence-electron chi connectivity index (χ4n) is 2.22. The van der Waals surface area contributed by atoms with Gasteiger partial charge in [-0.3, -0.25) is 0 Å². The van der Waals surface area contributed by atoms with Crippen LogP contribution in [0, 0.1) is 6.92 Å². The Morgan fingerprint density at radius 3 is 2.46 bits per heavy atom. The molecule has 0 aliphatic heterocycles. The molecule has 0 unspecified atom stereocenters. The van der Waals surface area contributed by atoms with E-state index in [1.807, 2.05) is 12.1 Å². The summed E-state index contributed by atoms with van der Waals surface area (Å²) in [6.07, 6.45) is 0. The lowest BCUT2D eigenvalue weighted by Gasteiger charge is -2.19. The van der Waals surface area contributed by atoms with Crippen molar-refractivity contribution >= 4 is 11.8 Å². The van der Waals surface area contributed by atoms with Crippen LogP contribution in [0.25, 0.3) is 11.4 Å². The van der Waals surface area contributed by atoms with E-state index in [1.165, 1.54) is 22.0 Å². The molecule has 3 aromatic rings. The Bertz CT molecular complexity index is 831. The van der Waals surface area contributed by atoms with Crippen LogP contribution in [0.3, 0.4) is 0 Å². The lowest BCUT2D eigenvalue weighted by Crippen LogP contribution is -2.12. The standard InChI is InChI=1S/C16H20N6OS/c1-10-18-13(23-21-10)9-24-15-20-19-14(22(15)17)11-5-7-12(8-6-11)16(2,3)4/h5-8H,9,17H2,1-4H3. The molecule has 0 aliphatic rings. The first-order valence-corrected chi connectivity index (χ1v) is 8.56. The smallest absolute Gasteiger partial charge is 0.237 e. The van der Waals surface area contributed by atoms with Crippen molar-refractivity contribution in [2.45, 2.75) is 44.0 Å². The molecule has 0 bridgehead atoms. The van der Waals surface area contributed by atoms with Crippen molar-refractivity contribution < 1.29 is 4.52 Å². The van der Waals surface area contributed by atoms with E-state index < -0.39 is 0 Å². The van der Waals surface area contributed by atoms with Crippen molar-refractivity contribution in [3.8, 4) is 11.4 Å². The Labute approximate surface area is 144 Å². The molecule has 0 spiro atoms. The maximum absolute atomic E-state index is 6.13. The van der Waals surface area contributed by atoms with Crippen molar-refractivity contribution in [2.75, 3.05) is 5.84 Å². The van der Waals surface area contributed by atoms with Gasteiger partial charge in [-0.1, -0.05) is 62.0 Å². The zero-order valence-electron chi connectivity index (χ0n) is 14.1. The zero-order chi connectivity index (χ0) is 17.3. The van der Waals surface area contributed by atoms with Crippen LogP contribution in [0.2, 0.25) is 0 Å². The molecule has 0 radical (unpaired) electrons. The molecule has 2 heterocycles. The van der Waals surface area contributed by atoms with Gasteiger partial charge in [0.1, 0.15) is 0 Å². The predicted octanol–water partition coefficient (Wildman–Crippen LogP) is 2.94. The molecule has 0 saturated carbocycles. The van der Waals surface area contributed by atoms with E-state index in [9.17, 15) is 0 Å². The van der Waals surface area contributed by atoms with E-state index in [0.29, 0.717) is 28.4 Å². The maximum atomic E-state index is 6.13. The average Bonchev–Trinajstić information content (AvgIpc) is 3.10. The van der Waals surface area contributed by atoms with Gasteiger partial charge in [-0.25, -0.2) is 4.68 Å². The maximum Gasteiger partial charge on any atom is 0.237 e. The summed E-state index contributed by atoms with van der Waals surface area (Å²) in [5.41, 5.74) is 2.30. The van der Waals surface area contributed by atoms with Crippen LogP contribution in [0.15, 0.2) is 33.9 Å². The summed E-state index contributed by atoms with van der Waals surface area (Å²) in [5, 5.41) is 12.7. The Balaban J connectivity index is 1.77. The second-order valence-corrected chi connectivity index (χ2v) is 7.47. The van der Waals surface area contributed by atoms with Gasteiger partial charge >= 0.3 is 0 Å². The Morgan fingerprint density at radius 2 is 1.88 bits per heavy atom. The highest BCUT2D eigenvalue weighted by molar-refractivity contribution is 7.98. The largest absolute Gasteiger partial charge is 0.338 e. The van der Waals surface area contributed by atoms with E-state index in [4.69, 9.17) is 10.4 Å². The summed E-state index contributed by atoms with van der Waals surface area (Å²) in [6, 6.07) is 8.23. The van der Waals surface area contributed by atoms with Gasteiger partial charge < -0.3 is 10.4 Å². The van der Waals surface area contributed by atoms with Crippen molar-refractivity contribution in [3.05, 3.63) is 41.5 Å². The van der Waals surface area contributed by atoms with Crippen LogP contribution < -0.4 is 5.84 Å². The highest BCUT2D eigenvalue weighted by Crippen LogP contribution is 2.27. The molecule has 24 heavy (non-hydrogen) atoms. The van der Waals surface area contributed by atoms with Gasteiger partial charge in [-0.15, -0.1) is 10.2 Å². The van der Waals surface area contributed by atoms with Crippen LogP contribution in [-0.2, 0) is 11.2 Å². The van der Waals surface area contributed by atoms with Gasteiger partial charge in [-0.05, 0) is 17.9 Å². The lowest BCUT2D eigenvalue weighted by molar-refractivity contribution is 0.387. The number of rotatable bonds is 4. The summed E-state index contributed by atoms with van der Waals surface area (Å²) < 4.78 is 6.57. The average molecular weight is 344 g/mol. The van der Waals surface area contributed by atoms with Gasteiger partial charge in [0.2, 0.25) is 11.0 Å². The van der Waals surface area contributed by atoms with E-state index in [0.717, 1.165) is 5.56 Å². The molecular formula is C16H20N6OS. The zero-order valence-corrected chi connectivity index (χ0v) is 15.0. The van der Waals surface area contributed by atoms with Crippen LogP contribution in [0.5, 0.6) is 0 Å². The third-order valence-corrected chi connectivity index (χ3v) is 4.50. The molecule has 1 aromatic carbocycles. The fraction of sp³-hybridized carbons (Fsp3) is 0.375. The van der Waals surface area contributed by atoms with Gasteiger partial charge in [-0.2, -0.15) is 4.98 Å². The number of nitrogens with zero attached hydrogens (tertiary/aromatic N) is 5. The van der Waals surface area contributed by atoms with Crippen LogP contribution >= 0.6 is 11.8 Å². The normalized spacial score (nSPS) is 11.8. The lowest BCUT2D eigenvalue weighted by atomic mass is 9.87. The number of thioether (sulfide) groups is 1. The molecular weight excluding hydrogens is 324 g/mol. The summed E-state index contributed by atoms with van der Waals surface area (Å²) >= 11 is 1.40. The summed E-state index contributed by atoms with van der Waals surface area (Å²) in [6.45, 7) is 8.33. The van der Waals surface area contributed by atoms with E-state index >= 15 is 0 Å². The molecule has 0 fully saturated rings.